The molecule has 34 heavy (non-hydrogen) atoms. The molecule has 0 bridgehead atoms. The molecule has 0 radical (unpaired) electrons. The van der Waals surface area contributed by atoms with Gasteiger partial charge in [0.25, 0.3) is 0 Å². The molecule has 0 saturated carbocycles. The molecule has 0 unspecified atom stereocenters. The fraction of sp³-hybridized carbons (Fsp3) is 0. The highest BCUT2D eigenvalue weighted by Gasteiger charge is 2.14. The molecule has 7 aromatic rings. The van der Waals surface area contributed by atoms with Crippen molar-refractivity contribution in [3.05, 3.63) is 116 Å². The van der Waals surface area contributed by atoms with Gasteiger partial charge in [-0.15, -0.1) is 0 Å². The summed E-state index contributed by atoms with van der Waals surface area (Å²) in [5.41, 5.74) is 8.61. The Morgan fingerprint density at radius 2 is 1.21 bits per heavy atom. The molecular weight excluding hydrogens is 414 g/mol. The second kappa shape index (κ2) is 7.46. The van der Waals surface area contributed by atoms with Crippen LogP contribution >= 0.6 is 0 Å². The van der Waals surface area contributed by atoms with E-state index in [1.807, 2.05) is 30.6 Å². The summed E-state index contributed by atoms with van der Waals surface area (Å²) in [5.74, 6) is 0. The summed E-state index contributed by atoms with van der Waals surface area (Å²) in [6, 6.07) is 36.1. The number of benzene rings is 4. The van der Waals surface area contributed by atoms with Gasteiger partial charge < -0.3 is 0 Å². The molecule has 0 saturated heterocycles. The van der Waals surface area contributed by atoms with Crippen molar-refractivity contribution in [2.45, 2.75) is 0 Å². The van der Waals surface area contributed by atoms with Gasteiger partial charge in [0.2, 0.25) is 0 Å². The molecule has 7 rings (SSSR count). The third-order valence-electron chi connectivity index (χ3n) is 6.53. The smallest absolute Gasteiger partial charge is 0.0978 e. The predicted molar refractivity (Wildman–Crippen MR) is 141 cm³/mol. The SMILES string of the molecule is c1cnc2ccc(-c3ccc(-c4c5ccccc5nc5c4ccc4cccnc45)cc3)cc2c1. The first-order valence-electron chi connectivity index (χ1n) is 11.4. The van der Waals surface area contributed by atoms with Gasteiger partial charge in [-0.1, -0.05) is 72.8 Å². The van der Waals surface area contributed by atoms with Crippen LogP contribution in [0.2, 0.25) is 0 Å². The number of fused-ring (bicyclic) bond motifs is 5. The maximum atomic E-state index is 5.02. The Kier molecular flexibility index (Phi) is 4.15. The van der Waals surface area contributed by atoms with Crippen LogP contribution in [-0.2, 0) is 0 Å². The standard InChI is InChI=1S/C31H19N3/c1-2-8-28-25(7-1)29(26-15-13-22-5-3-18-33-30(22)31(26)34-28)21-11-9-20(10-12-21)23-14-16-27-24(19-23)6-4-17-32-27/h1-19H. The molecule has 0 N–H and O–H groups in total. The Bertz CT molecular complexity index is 1850. The van der Waals surface area contributed by atoms with Crippen LogP contribution in [0.3, 0.4) is 0 Å². The third kappa shape index (κ3) is 2.95. The molecule has 0 spiro atoms. The highest BCUT2D eigenvalue weighted by molar-refractivity contribution is 6.15. The lowest BCUT2D eigenvalue weighted by Gasteiger charge is -2.13. The molecule has 0 aliphatic carbocycles. The molecule has 0 atom stereocenters. The summed E-state index contributed by atoms with van der Waals surface area (Å²) in [7, 11) is 0. The first-order chi connectivity index (χ1) is 16.8. The molecule has 3 heterocycles. The van der Waals surface area contributed by atoms with Gasteiger partial charge >= 0.3 is 0 Å². The third-order valence-corrected chi connectivity index (χ3v) is 6.53. The summed E-state index contributed by atoms with van der Waals surface area (Å²) in [6.07, 6.45) is 3.67. The Balaban J connectivity index is 1.44. The molecular formula is C31H19N3. The number of hydrogen-bond acceptors (Lipinski definition) is 3. The minimum atomic E-state index is 0.938. The monoisotopic (exact) mass is 433 g/mol. The van der Waals surface area contributed by atoms with E-state index in [9.17, 15) is 0 Å². The van der Waals surface area contributed by atoms with Crippen molar-refractivity contribution in [3.63, 3.8) is 0 Å². The zero-order valence-electron chi connectivity index (χ0n) is 18.3. The summed E-state index contributed by atoms with van der Waals surface area (Å²) >= 11 is 0. The first-order valence-corrected chi connectivity index (χ1v) is 11.4. The number of aromatic nitrogens is 3. The van der Waals surface area contributed by atoms with Crippen LogP contribution in [0.25, 0.3) is 65.9 Å². The van der Waals surface area contributed by atoms with E-state index in [1.54, 1.807) is 0 Å². The number of hydrogen-bond donors (Lipinski definition) is 0. The molecule has 0 aliphatic heterocycles. The van der Waals surface area contributed by atoms with Gasteiger partial charge in [-0.3, -0.25) is 9.97 Å². The number of pyridine rings is 3. The Morgan fingerprint density at radius 1 is 0.441 bits per heavy atom. The van der Waals surface area contributed by atoms with E-state index in [0.717, 1.165) is 43.6 Å². The van der Waals surface area contributed by atoms with Crippen LogP contribution in [0, 0.1) is 0 Å². The molecule has 0 aliphatic rings. The fourth-order valence-electron chi connectivity index (χ4n) is 4.89. The van der Waals surface area contributed by atoms with Crippen molar-refractivity contribution < 1.29 is 0 Å². The lowest BCUT2D eigenvalue weighted by atomic mass is 9.93. The summed E-state index contributed by atoms with van der Waals surface area (Å²) < 4.78 is 0. The Morgan fingerprint density at radius 3 is 2.12 bits per heavy atom. The van der Waals surface area contributed by atoms with E-state index in [2.05, 4.69) is 94.9 Å². The van der Waals surface area contributed by atoms with Crippen LogP contribution in [0.15, 0.2) is 116 Å². The van der Waals surface area contributed by atoms with Crippen molar-refractivity contribution >= 4 is 43.6 Å². The first kappa shape index (κ1) is 18.9. The van der Waals surface area contributed by atoms with Crippen molar-refractivity contribution in [2.24, 2.45) is 0 Å². The van der Waals surface area contributed by atoms with Crippen LogP contribution < -0.4 is 0 Å². The predicted octanol–water partition coefficient (Wildman–Crippen LogP) is 7.82. The average Bonchev–Trinajstić information content (AvgIpc) is 2.91. The molecule has 0 fully saturated rings. The van der Waals surface area contributed by atoms with Crippen LogP contribution in [0.4, 0.5) is 0 Å². The van der Waals surface area contributed by atoms with Gasteiger partial charge in [0, 0.05) is 39.5 Å². The van der Waals surface area contributed by atoms with Gasteiger partial charge in [-0.2, -0.15) is 0 Å². The average molecular weight is 434 g/mol. The molecule has 3 heteroatoms. The van der Waals surface area contributed by atoms with Gasteiger partial charge in [-0.25, -0.2) is 4.98 Å². The second-order valence-electron chi connectivity index (χ2n) is 8.53. The highest BCUT2D eigenvalue weighted by atomic mass is 14.7. The summed E-state index contributed by atoms with van der Waals surface area (Å²) in [4.78, 5) is 14.1. The normalized spacial score (nSPS) is 11.5. The lowest BCUT2D eigenvalue weighted by Crippen LogP contribution is -1.91. The topological polar surface area (TPSA) is 38.7 Å². The second-order valence-corrected chi connectivity index (χ2v) is 8.53. The van der Waals surface area contributed by atoms with Crippen molar-refractivity contribution in [1.82, 2.24) is 15.0 Å². The van der Waals surface area contributed by atoms with E-state index >= 15 is 0 Å². The van der Waals surface area contributed by atoms with Crippen molar-refractivity contribution in [3.8, 4) is 22.3 Å². The van der Waals surface area contributed by atoms with E-state index in [-0.39, 0.29) is 0 Å². The highest BCUT2D eigenvalue weighted by Crippen LogP contribution is 2.37. The Labute approximate surface area is 196 Å². The molecule has 4 aromatic carbocycles. The minimum Gasteiger partial charge on any atom is -0.256 e. The van der Waals surface area contributed by atoms with Gasteiger partial charge in [0.05, 0.1) is 22.1 Å². The van der Waals surface area contributed by atoms with Crippen LogP contribution in [-0.4, -0.2) is 15.0 Å². The largest absolute Gasteiger partial charge is 0.256 e. The van der Waals surface area contributed by atoms with E-state index < -0.39 is 0 Å². The quantitative estimate of drug-likeness (QED) is 0.206. The van der Waals surface area contributed by atoms with Crippen molar-refractivity contribution in [2.75, 3.05) is 0 Å². The molecule has 0 amide bonds. The number of para-hydroxylation sites is 1. The van der Waals surface area contributed by atoms with E-state index in [0.29, 0.717) is 0 Å². The fourth-order valence-corrected chi connectivity index (χ4v) is 4.89. The van der Waals surface area contributed by atoms with E-state index in [1.165, 1.54) is 22.3 Å². The zero-order chi connectivity index (χ0) is 22.5. The molecule has 3 nitrogen and oxygen atoms in total. The minimum absolute atomic E-state index is 0.938. The van der Waals surface area contributed by atoms with Gasteiger partial charge in [0.15, 0.2) is 0 Å². The maximum absolute atomic E-state index is 5.02. The zero-order valence-corrected chi connectivity index (χ0v) is 18.3. The lowest BCUT2D eigenvalue weighted by molar-refractivity contribution is 1.40. The number of rotatable bonds is 2. The number of nitrogens with zero attached hydrogens (tertiary/aromatic N) is 3. The van der Waals surface area contributed by atoms with Crippen molar-refractivity contribution in [1.29, 1.82) is 0 Å². The van der Waals surface area contributed by atoms with Gasteiger partial charge in [0.1, 0.15) is 0 Å². The summed E-state index contributed by atoms with van der Waals surface area (Å²) in [5, 5.41) is 4.52. The van der Waals surface area contributed by atoms with Crippen LogP contribution in [0.1, 0.15) is 0 Å². The maximum Gasteiger partial charge on any atom is 0.0978 e. The molecule has 3 aromatic heterocycles. The van der Waals surface area contributed by atoms with Gasteiger partial charge in [-0.05, 0) is 47.0 Å². The molecule has 158 valence electrons. The van der Waals surface area contributed by atoms with Crippen LogP contribution in [0.5, 0.6) is 0 Å². The summed E-state index contributed by atoms with van der Waals surface area (Å²) in [6.45, 7) is 0. The Hall–Kier alpha value is -4.63. The van der Waals surface area contributed by atoms with E-state index in [4.69, 9.17) is 4.98 Å².